The molecule has 0 amide bonds. The van der Waals surface area contributed by atoms with Crippen molar-refractivity contribution in [1.82, 2.24) is 20.5 Å². The van der Waals surface area contributed by atoms with Gasteiger partial charge in [-0.15, -0.1) is 24.0 Å². The van der Waals surface area contributed by atoms with Crippen LogP contribution in [0.4, 0.5) is 4.39 Å². The molecule has 1 aliphatic rings. The summed E-state index contributed by atoms with van der Waals surface area (Å²) in [7, 11) is 1.74. The molecule has 0 aliphatic carbocycles. The van der Waals surface area contributed by atoms with Crippen LogP contribution < -0.4 is 15.4 Å². The summed E-state index contributed by atoms with van der Waals surface area (Å²) in [5.41, 5.74) is 1.07. The Labute approximate surface area is 194 Å². The van der Waals surface area contributed by atoms with Crippen molar-refractivity contribution in [2.24, 2.45) is 4.99 Å². The molecule has 1 unspecified atom stereocenters. The van der Waals surface area contributed by atoms with E-state index in [9.17, 15) is 4.39 Å². The number of aromatic nitrogens is 1. The fourth-order valence-corrected chi connectivity index (χ4v) is 3.22. The Balaban J connectivity index is 0.00000320. The molecule has 1 saturated heterocycles. The Kier molecular flexibility index (Phi) is 10.8. The second kappa shape index (κ2) is 13.3. The molecular formula is C21H29FIN5O2. The number of morpholine rings is 1. The van der Waals surface area contributed by atoms with E-state index in [1.165, 1.54) is 12.1 Å². The first-order valence-electron chi connectivity index (χ1n) is 9.81. The molecule has 1 atom stereocenters. The zero-order chi connectivity index (χ0) is 20.3. The van der Waals surface area contributed by atoms with E-state index in [0.29, 0.717) is 38.9 Å². The third-order valence-electron chi connectivity index (χ3n) is 4.73. The Morgan fingerprint density at radius 2 is 2.00 bits per heavy atom. The molecule has 2 N–H and O–H groups in total. The average molecular weight is 529 g/mol. The van der Waals surface area contributed by atoms with Crippen LogP contribution in [0.5, 0.6) is 5.75 Å². The van der Waals surface area contributed by atoms with E-state index in [4.69, 9.17) is 9.47 Å². The lowest BCUT2D eigenvalue weighted by atomic mass is 10.0. The van der Waals surface area contributed by atoms with Crippen molar-refractivity contribution >= 4 is 29.9 Å². The number of benzene rings is 1. The van der Waals surface area contributed by atoms with Gasteiger partial charge in [0.1, 0.15) is 18.2 Å². The molecule has 0 bridgehead atoms. The SMILES string of the molecule is CN=C(NCCOc1cccnc1)NCC(c1ccc(F)cc1)N1CCOCC1.I. The van der Waals surface area contributed by atoms with Crippen LogP contribution in [0.3, 0.4) is 0 Å². The number of aliphatic imine (C=N–C) groups is 1. The molecule has 164 valence electrons. The van der Waals surface area contributed by atoms with Crippen molar-refractivity contribution in [2.75, 3.05) is 53.0 Å². The fourth-order valence-electron chi connectivity index (χ4n) is 3.22. The highest BCUT2D eigenvalue weighted by molar-refractivity contribution is 14.0. The molecule has 1 fully saturated rings. The number of halogens is 2. The Hall–Kier alpha value is -1.98. The maximum Gasteiger partial charge on any atom is 0.191 e. The van der Waals surface area contributed by atoms with Crippen LogP contribution in [0.1, 0.15) is 11.6 Å². The van der Waals surface area contributed by atoms with Gasteiger partial charge in [-0.1, -0.05) is 12.1 Å². The van der Waals surface area contributed by atoms with Crippen molar-refractivity contribution in [2.45, 2.75) is 6.04 Å². The first kappa shape index (κ1) is 24.3. The second-order valence-electron chi connectivity index (χ2n) is 6.63. The first-order chi connectivity index (χ1) is 14.3. The maximum atomic E-state index is 13.4. The van der Waals surface area contributed by atoms with Crippen LogP contribution in [0.25, 0.3) is 0 Å². The van der Waals surface area contributed by atoms with E-state index in [-0.39, 0.29) is 35.8 Å². The van der Waals surface area contributed by atoms with E-state index < -0.39 is 0 Å². The van der Waals surface area contributed by atoms with E-state index >= 15 is 0 Å². The third kappa shape index (κ3) is 7.69. The quantitative estimate of drug-likeness (QED) is 0.237. The normalized spacial score (nSPS) is 15.7. The maximum absolute atomic E-state index is 13.4. The molecule has 7 nitrogen and oxygen atoms in total. The summed E-state index contributed by atoms with van der Waals surface area (Å²) in [6.07, 6.45) is 3.39. The summed E-state index contributed by atoms with van der Waals surface area (Å²) in [6, 6.07) is 10.5. The molecule has 1 aromatic heterocycles. The largest absolute Gasteiger partial charge is 0.490 e. The number of ether oxygens (including phenoxy) is 2. The van der Waals surface area contributed by atoms with Crippen LogP contribution in [0.2, 0.25) is 0 Å². The third-order valence-corrected chi connectivity index (χ3v) is 4.73. The van der Waals surface area contributed by atoms with Crippen LogP contribution in [-0.2, 0) is 4.74 Å². The summed E-state index contributed by atoms with van der Waals surface area (Å²) in [5, 5.41) is 6.62. The van der Waals surface area contributed by atoms with Gasteiger partial charge in [0.15, 0.2) is 5.96 Å². The minimum Gasteiger partial charge on any atom is -0.490 e. The van der Waals surface area contributed by atoms with Gasteiger partial charge in [-0.2, -0.15) is 0 Å². The van der Waals surface area contributed by atoms with Crippen molar-refractivity contribution in [1.29, 1.82) is 0 Å². The number of pyridine rings is 1. The molecule has 0 radical (unpaired) electrons. The monoisotopic (exact) mass is 529 g/mol. The molecule has 1 aliphatic heterocycles. The number of hydrogen-bond donors (Lipinski definition) is 2. The average Bonchev–Trinajstić information content (AvgIpc) is 2.78. The Morgan fingerprint density at radius 3 is 2.67 bits per heavy atom. The number of nitrogens with one attached hydrogen (secondary N) is 2. The molecule has 3 rings (SSSR count). The minimum atomic E-state index is -0.228. The molecular weight excluding hydrogens is 500 g/mol. The fraction of sp³-hybridized carbons (Fsp3) is 0.429. The van der Waals surface area contributed by atoms with Gasteiger partial charge in [-0.05, 0) is 29.8 Å². The molecule has 9 heteroatoms. The Bertz CT molecular complexity index is 758. The van der Waals surface area contributed by atoms with E-state index in [1.807, 2.05) is 24.3 Å². The predicted octanol–water partition coefficient (Wildman–Crippen LogP) is 2.46. The molecule has 0 saturated carbocycles. The van der Waals surface area contributed by atoms with Crippen LogP contribution in [-0.4, -0.2) is 68.9 Å². The van der Waals surface area contributed by atoms with Gasteiger partial charge in [-0.3, -0.25) is 14.9 Å². The predicted molar refractivity (Wildman–Crippen MR) is 126 cm³/mol. The van der Waals surface area contributed by atoms with Crippen LogP contribution in [0.15, 0.2) is 53.8 Å². The molecule has 1 aromatic carbocycles. The van der Waals surface area contributed by atoms with Crippen molar-refractivity contribution in [3.63, 3.8) is 0 Å². The zero-order valence-corrected chi connectivity index (χ0v) is 19.4. The molecule has 0 spiro atoms. The van der Waals surface area contributed by atoms with E-state index in [2.05, 4.69) is 25.5 Å². The lowest BCUT2D eigenvalue weighted by molar-refractivity contribution is 0.0170. The van der Waals surface area contributed by atoms with E-state index in [0.717, 1.165) is 24.4 Å². The van der Waals surface area contributed by atoms with E-state index in [1.54, 1.807) is 19.4 Å². The second-order valence-corrected chi connectivity index (χ2v) is 6.63. The van der Waals surface area contributed by atoms with Crippen LogP contribution >= 0.6 is 24.0 Å². The van der Waals surface area contributed by atoms with Gasteiger partial charge in [-0.25, -0.2) is 4.39 Å². The van der Waals surface area contributed by atoms with Crippen molar-refractivity contribution in [3.8, 4) is 5.75 Å². The van der Waals surface area contributed by atoms with Crippen molar-refractivity contribution in [3.05, 3.63) is 60.2 Å². The molecule has 2 heterocycles. The number of nitrogens with zero attached hydrogens (tertiary/aromatic N) is 3. The summed E-state index contributed by atoms with van der Waals surface area (Å²) in [4.78, 5) is 10.7. The van der Waals surface area contributed by atoms with Gasteiger partial charge in [0.25, 0.3) is 0 Å². The Morgan fingerprint density at radius 1 is 1.23 bits per heavy atom. The van der Waals surface area contributed by atoms with Gasteiger partial charge in [0, 0.05) is 32.9 Å². The summed E-state index contributed by atoms with van der Waals surface area (Å²) < 4.78 is 24.5. The number of rotatable bonds is 8. The summed E-state index contributed by atoms with van der Waals surface area (Å²) in [6.45, 7) is 4.84. The number of guanidine groups is 1. The van der Waals surface area contributed by atoms with Gasteiger partial charge < -0.3 is 20.1 Å². The highest BCUT2D eigenvalue weighted by atomic mass is 127. The highest BCUT2D eigenvalue weighted by Gasteiger charge is 2.23. The topological polar surface area (TPSA) is 71.0 Å². The van der Waals surface area contributed by atoms with Gasteiger partial charge >= 0.3 is 0 Å². The highest BCUT2D eigenvalue weighted by Crippen LogP contribution is 2.21. The van der Waals surface area contributed by atoms with Gasteiger partial charge in [0.05, 0.1) is 32.0 Å². The summed E-state index contributed by atoms with van der Waals surface area (Å²) in [5.74, 6) is 1.20. The van der Waals surface area contributed by atoms with Crippen LogP contribution in [0, 0.1) is 5.82 Å². The zero-order valence-electron chi connectivity index (χ0n) is 17.1. The van der Waals surface area contributed by atoms with Gasteiger partial charge in [0.2, 0.25) is 0 Å². The van der Waals surface area contributed by atoms with Crippen molar-refractivity contribution < 1.29 is 13.9 Å². The molecule has 2 aromatic rings. The standard InChI is InChI=1S/C21H28FN5O2.HI/c1-23-21(25-9-12-29-19-3-2-8-24-15-19)26-16-20(27-10-13-28-14-11-27)17-4-6-18(22)7-5-17;/h2-8,15,20H,9-14,16H2,1H3,(H2,23,25,26);1H. The first-order valence-corrected chi connectivity index (χ1v) is 9.81. The minimum absolute atomic E-state index is 0. The molecule has 30 heavy (non-hydrogen) atoms. The smallest absolute Gasteiger partial charge is 0.191 e. The lowest BCUT2D eigenvalue weighted by Crippen LogP contribution is -2.46. The lowest BCUT2D eigenvalue weighted by Gasteiger charge is -2.35. The number of hydrogen-bond acceptors (Lipinski definition) is 5. The summed E-state index contributed by atoms with van der Waals surface area (Å²) >= 11 is 0.